The van der Waals surface area contributed by atoms with Crippen LogP contribution in [0.15, 0.2) is 11.3 Å². The topological polar surface area (TPSA) is 78.9 Å². The molecule has 0 aliphatic carbocycles. The molecule has 0 aromatic heterocycles. The van der Waals surface area contributed by atoms with Crippen LogP contribution >= 0.6 is 0 Å². The second-order valence-corrected chi connectivity index (χ2v) is 2.71. The number of carbonyl (C=O) groups excluding carboxylic acids is 1. The Balaban J connectivity index is 2.84. The number of hydrogen-bond donors (Lipinski definition) is 2. The number of piperidine rings is 1. The van der Waals surface area contributed by atoms with Crippen molar-refractivity contribution in [3.05, 3.63) is 11.3 Å². The summed E-state index contributed by atoms with van der Waals surface area (Å²) in [4.78, 5) is 10.7. The van der Waals surface area contributed by atoms with Crippen LogP contribution in [0, 0.1) is 11.3 Å². The van der Waals surface area contributed by atoms with Gasteiger partial charge in [-0.1, -0.05) is 0 Å². The number of nitrogens with one attached hydrogen (secondary N) is 1. The van der Waals surface area contributed by atoms with Crippen molar-refractivity contribution in [2.45, 2.75) is 19.3 Å². The van der Waals surface area contributed by atoms with E-state index in [0.717, 1.165) is 25.8 Å². The van der Waals surface area contributed by atoms with Crippen LogP contribution in [0.2, 0.25) is 0 Å². The molecule has 4 heteroatoms. The highest BCUT2D eigenvalue weighted by atomic mass is 16.1. The van der Waals surface area contributed by atoms with Crippen LogP contribution in [-0.2, 0) is 4.79 Å². The maximum atomic E-state index is 10.7. The lowest BCUT2D eigenvalue weighted by molar-refractivity contribution is -0.114. The molecule has 1 aliphatic heterocycles. The predicted octanol–water partition coefficient (Wildman–Crippen LogP) is 0.0229. The second-order valence-electron chi connectivity index (χ2n) is 2.71. The monoisotopic (exact) mass is 165 g/mol. The molecule has 0 saturated carbocycles. The number of hydrogen-bond acceptors (Lipinski definition) is 3. The minimum atomic E-state index is -0.637. The van der Waals surface area contributed by atoms with E-state index in [4.69, 9.17) is 11.0 Å². The molecule has 1 saturated heterocycles. The molecule has 0 radical (unpaired) electrons. The molecular weight excluding hydrogens is 154 g/mol. The van der Waals surface area contributed by atoms with Crippen molar-refractivity contribution in [3.8, 4) is 6.07 Å². The van der Waals surface area contributed by atoms with Crippen molar-refractivity contribution < 1.29 is 4.79 Å². The number of rotatable bonds is 1. The van der Waals surface area contributed by atoms with Crippen LogP contribution in [0.3, 0.4) is 0 Å². The lowest BCUT2D eigenvalue weighted by Gasteiger charge is -2.16. The minimum Gasteiger partial charge on any atom is -0.387 e. The van der Waals surface area contributed by atoms with Gasteiger partial charge in [-0.3, -0.25) is 4.79 Å². The highest BCUT2D eigenvalue weighted by Gasteiger charge is 2.13. The van der Waals surface area contributed by atoms with E-state index in [0.29, 0.717) is 5.70 Å². The third kappa shape index (κ3) is 1.76. The number of nitrogens with two attached hydrogens (primary N) is 1. The first-order valence-electron chi connectivity index (χ1n) is 3.92. The van der Waals surface area contributed by atoms with Crippen LogP contribution in [0.1, 0.15) is 19.3 Å². The summed E-state index contributed by atoms with van der Waals surface area (Å²) in [5.41, 5.74) is 5.80. The zero-order chi connectivity index (χ0) is 8.97. The highest BCUT2D eigenvalue weighted by molar-refractivity contribution is 5.96. The third-order valence-electron chi connectivity index (χ3n) is 1.85. The average Bonchev–Trinajstić information content (AvgIpc) is 2.07. The molecule has 0 spiro atoms. The summed E-state index contributed by atoms with van der Waals surface area (Å²) in [6.07, 6.45) is 2.85. The van der Waals surface area contributed by atoms with Gasteiger partial charge in [0.2, 0.25) is 0 Å². The van der Waals surface area contributed by atoms with Gasteiger partial charge in [-0.2, -0.15) is 5.26 Å². The van der Waals surface area contributed by atoms with E-state index in [9.17, 15) is 4.79 Å². The molecule has 0 bridgehead atoms. The van der Waals surface area contributed by atoms with E-state index in [1.54, 1.807) is 0 Å². The molecule has 0 atom stereocenters. The third-order valence-corrected chi connectivity index (χ3v) is 1.85. The van der Waals surface area contributed by atoms with Gasteiger partial charge in [-0.05, 0) is 19.3 Å². The number of allylic oxidation sites excluding steroid dienone is 1. The number of nitrogens with zero attached hydrogens (tertiary/aromatic N) is 1. The van der Waals surface area contributed by atoms with E-state index in [1.807, 2.05) is 6.07 Å². The first-order valence-corrected chi connectivity index (χ1v) is 3.92. The van der Waals surface area contributed by atoms with Gasteiger partial charge in [-0.25, -0.2) is 0 Å². The van der Waals surface area contributed by atoms with Crippen LogP contribution in [0.5, 0.6) is 0 Å². The highest BCUT2D eigenvalue weighted by Crippen LogP contribution is 2.13. The van der Waals surface area contributed by atoms with Crippen LogP contribution in [0.25, 0.3) is 0 Å². The smallest absolute Gasteiger partial charge is 0.261 e. The molecule has 64 valence electrons. The van der Waals surface area contributed by atoms with Gasteiger partial charge < -0.3 is 11.1 Å². The molecule has 1 fully saturated rings. The summed E-state index contributed by atoms with van der Waals surface area (Å²) in [6, 6.07) is 1.81. The first kappa shape index (κ1) is 8.60. The summed E-state index contributed by atoms with van der Waals surface area (Å²) in [5.74, 6) is -0.637. The zero-order valence-electron chi connectivity index (χ0n) is 6.76. The number of nitriles is 1. The van der Waals surface area contributed by atoms with Gasteiger partial charge in [-0.15, -0.1) is 0 Å². The maximum absolute atomic E-state index is 10.7. The molecule has 3 N–H and O–H groups in total. The fourth-order valence-corrected chi connectivity index (χ4v) is 1.24. The summed E-state index contributed by atoms with van der Waals surface area (Å²) < 4.78 is 0. The normalized spacial score (nSPS) is 20.6. The number of amides is 1. The Morgan fingerprint density at radius 2 is 2.33 bits per heavy atom. The fraction of sp³-hybridized carbons (Fsp3) is 0.500. The van der Waals surface area contributed by atoms with Crippen molar-refractivity contribution in [2.24, 2.45) is 5.73 Å². The van der Waals surface area contributed by atoms with Crippen molar-refractivity contribution >= 4 is 5.91 Å². The number of carbonyl (C=O) groups is 1. The van der Waals surface area contributed by atoms with Gasteiger partial charge in [0.25, 0.3) is 5.91 Å². The Bertz CT molecular complexity index is 254. The van der Waals surface area contributed by atoms with Gasteiger partial charge >= 0.3 is 0 Å². The largest absolute Gasteiger partial charge is 0.387 e. The minimum absolute atomic E-state index is 0.0784. The number of primary amides is 1. The molecule has 1 rings (SSSR count). The standard InChI is InChI=1S/C8H11N3O/c9-5-6(8(10)12)7-3-1-2-4-11-7/h11H,1-4H2,(H2,10,12). The molecule has 4 nitrogen and oxygen atoms in total. The Kier molecular flexibility index (Phi) is 2.70. The summed E-state index contributed by atoms with van der Waals surface area (Å²) in [5, 5.41) is 11.6. The lowest BCUT2D eigenvalue weighted by atomic mass is 10.1. The molecule has 0 unspecified atom stereocenters. The molecule has 0 aromatic rings. The Labute approximate surface area is 71.0 Å². The first-order chi connectivity index (χ1) is 5.75. The molecule has 12 heavy (non-hydrogen) atoms. The predicted molar refractivity (Wildman–Crippen MR) is 43.7 cm³/mol. The summed E-state index contributed by atoms with van der Waals surface area (Å²) in [7, 11) is 0. The van der Waals surface area contributed by atoms with Gasteiger partial charge in [0.15, 0.2) is 0 Å². The van der Waals surface area contributed by atoms with Crippen molar-refractivity contribution in [1.82, 2.24) is 5.32 Å². The summed E-state index contributed by atoms with van der Waals surface area (Å²) >= 11 is 0. The second kappa shape index (κ2) is 3.77. The van der Waals surface area contributed by atoms with Crippen molar-refractivity contribution in [1.29, 1.82) is 5.26 Å². The van der Waals surface area contributed by atoms with E-state index < -0.39 is 5.91 Å². The SMILES string of the molecule is N#CC(C(N)=O)=C1CCCCN1. The fourth-order valence-electron chi connectivity index (χ4n) is 1.24. The molecule has 1 amide bonds. The zero-order valence-corrected chi connectivity index (χ0v) is 6.76. The van der Waals surface area contributed by atoms with Gasteiger partial charge in [0, 0.05) is 12.2 Å². The Hall–Kier alpha value is -1.50. The van der Waals surface area contributed by atoms with Crippen LogP contribution < -0.4 is 11.1 Å². The molecular formula is C8H11N3O. The Morgan fingerprint density at radius 3 is 2.75 bits per heavy atom. The lowest BCUT2D eigenvalue weighted by Crippen LogP contribution is -2.25. The van der Waals surface area contributed by atoms with Crippen molar-refractivity contribution in [3.63, 3.8) is 0 Å². The van der Waals surface area contributed by atoms with Crippen molar-refractivity contribution in [2.75, 3.05) is 6.54 Å². The average molecular weight is 165 g/mol. The quantitative estimate of drug-likeness (QED) is 0.424. The van der Waals surface area contributed by atoms with Gasteiger partial charge in [0.1, 0.15) is 11.6 Å². The van der Waals surface area contributed by atoms with E-state index in [2.05, 4.69) is 5.32 Å². The van der Waals surface area contributed by atoms with E-state index in [1.165, 1.54) is 0 Å². The molecule has 0 aromatic carbocycles. The van der Waals surface area contributed by atoms with Crippen LogP contribution in [0.4, 0.5) is 0 Å². The molecule has 1 aliphatic rings. The molecule has 1 heterocycles. The van der Waals surface area contributed by atoms with E-state index >= 15 is 0 Å². The van der Waals surface area contributed by atoms with Gasteiger partial charge in [0.05, 0.1) is 0 Å². The summed E-state index contributed by atoms with van der Waals surface area (Å²) in [6.45, 7) is 0.827. The Morgan fingerprint density at radius 1 is 1.58 bits per heavy atom. The van der Waals surface area contributed by atoms with E-state index in [-0.39, 0.29) is 5.57 Å². The maximum Gasteiger partial charge on any atom is 0.261 e. The van der Waals surface area contributed by atoms with Crippen LogP contribution in [-0.4, -0.2) is 12.5 Å².